The number of benzene rings is 4. The molecule has 5 heteroatoms. The maximum atomic E-state index is 4.63. The highest BCUT2D eigenvalue weighted by atomic mass is 15.4. The van der Waals surface area contributed by atoms with Crippen molar-refractivity contribution < 1.29 is 0 Å². The molecule has 7 aromatic rings. The van der Waals surface area contributed by atoms with Crippen LogP contribution in [0.3, 0.4) is 0 Å². The van der Waals surface area contributed by atoms with E-state index in [-0.39, 0.29) is 0 Å². The van der Waals surface area contributed by atoms with Gasteiger partial charge in [-0.15, -0.1) is 10.2 Å². The molecule has 0 atom stereocenters. The lowest BCUT2D eigenvalue weighted by Gasteiger charge is -2.11. The highest BCUT2D eigenvalue weighted by Crippen LogP contribution is 2.26. The van der Waals surface area contributed by atoms with Gasteiger partial charge in [0.05, 0.1) is 11.2 Å². The van der Waals surface area contributed by atoms with E-state index < -0.39 is 0 Å². The van der Waals surface area contributed by atoms with E-state index in [0.717, 1.165) is 44.4 Å². The highest BCUT2D eigenvalue weighted by Gasteiger charge is 2.17. The Balaban J connectivity index is 1.39. The lowest BCUT2D eigenvalue weighted by Crippen LogP contribution is -2.28. The van der Waals surface area contributed by atoms with Crippen LogP contribution in [-0.2, 0) is 0 Å². The Labute approximate surface area is 225 Å². The van der Waals surface area contributed by atoms with Crippen LogP contribution in [0.4, 0.5) is 0 Å². The topological polar surface area (TPSA) is 40.6 Å². The summed E-state index contributed by atoms with van der Waals surface area (Å²) < 4.78 is 6.32. The number of fused-ring (bicyclic) bond motifs is 1. The fourth-order valence-electron chi connectivity index (χ4n) is 5.11. The molecule has 0 bridgehead atoms. The summed E-state index contributed by atoms with van der Waals surface area (Å²) in [6.07, 6.45) is 6.40. The van der Waals surface area contributed by atoms with E-state index >= 15 is 0 Å². The van der Waals surface area contributed by atoms with E-state index in [4.69, 9.17) is 0 Å². The van der Waals surface area contributed by atoms with E-state index in [1.54, 1.807) is 0 Å². The largest absolute Gasteiger partial charge is 0.316 e. The predicted octanol–water partition coefficient (Wildman–Crippen LogP) is 5.91. The van der Waals surface area contributed by atoms with Crippen molar-refractivity contribution in [1.82, 2.24) is 23.9 Å². The van der Waals surface area contributed by atoms with E-state index in [2.05, 4.69) is 117 Å². The molecule has 0 spiro atoms. The zero-order chi connectivity index (χ0) is 26.2. The van der Waals surface area contributed by atoms with Gasteiger partial charge < -0.3 is 4.57 Å². The second kappa shape index (κ2) is 9.47. The van der Waals surface area contributed by atoms with Gasteiger partial charge in [0.25, 0.3) is 0 Å². The van der Waals surface area contributed by atoms with Crippen LogP contribution in [0, 0.1) is 0 Å². The van der Waals surface area contributed by atoms with Gasteiger partial charge in [-0.3, -0.25) is 9.13 Å². The quantitative estimate of drug-likeness (QED) is 0.293. The molecule has 0 saturated heterocycles. The summed E-state index contributed by atoms with van der Waals surface area (Å²) in [5.41, 5.74) is 5.41. The lowest BCUT2D eigenvalue weighted by atomic mass is 10.1. The Bertz CT molecular complexity index is 2010. The van der Waals surface area contributed by atoms with Crippen molar-refractivity contribution in [2.24, 2.45) is 0 Å². The van der Waals surface area contributed by atoms with Crippen molar-refractivity contribution in [1.29, 1.82) is 0 Å². The summed E-state index contributed by atoms with van der Waals surface area (Å²) in [5, 5.41) is 12.3. The van der Waals surface area contributed by atoms with E-state index in [1.807, 2.05) is 53.2 Å². The number of rotatable bonds is 5. The number of aromatic nitrogens is 5. The Morgan fingerprint density at radius 3 is 2.00 bits per heavy atom. The summed E-state index contributed by atoms with van der Waals surface area (Å²) in [6, 6.07) is 41.3. The van der Waals surface area contributed by atoms with E-state index in [1.165, 1.54) is 5.39 Å². The number of hydrogen-bond acceptors (Lipinski definition) is 2. The lowest BCUT2D eigenvalue weighted by molar-refractivity contribution is 0.870. The summed E-state index contributed by atoms with van der Waals surface area (Å²) in [4.78, 5) is 0. The van der Waals surface area contributed by atoms with Crippen LogP contribution >= 0.6 is 0 Å². The third-order valence-corrected chi connectivity index (χ3v) is 7.02. The predicted molar refractivity (Wildman–Crippen MR) is 158 cm³/mol. The molecule has 0 unspecified atom stereocenters. The first kappa shape index (κ1) is 22.8. The maximum absolute atomic E-state index is 4.63. The first-order chi connectivity index (χ1) is 19.3. The molecule has 0 amide bonds. The highest BCUT2D eigenvalue weighted by molar-refractivity contribution is 5.90. The maximum Gasteiger partial charge on any atom is 0.240 e. The molecule has 0 N–H and O–H groups in total. The standard InChI is InChI=1S/C34H25N5/c1-25-27(23-28-24-38(29-15-7-3-8-16-29)32-20-12-11-19-31(28)32)21-22-37(25)34-36-35-33(26-13-5-2-6-14-26)39(34)30-17-9-4-10-18-30/h2-24H,1H2/b27-23-. The first-order valence-corrected chi connectivity index (χ1v) is 12.9. The van der Waals surface area contributed by atoms with E-state index in [0.29, 0.717) is 5.95 Å². The molecule has 0 fully saturated rings. The van der Waals surface area contributed by atoms with Gasteiger partial charge in [0.1, 0.15) is 0 Å². The average molecular weight is 504 g/mol. The fourth-order valence-corrected chi connectivity index (χ4v) is 5.11. The zero-order valence-electron chi connectivity index (χ0n) is 21.2. The molecule has 0 aliphatic rings. The third kappa shape index (κ3) is 3.97. The Hall–Kier alpha value is -5.42. The Morgan fingerprint density at radius 1 is 0.615 bits per heavy atom. The van der Waals surface area contributed by atoms with E-state index in [9.17, 15) is 0 Å². The van der Waals surface area contributed by atoms with Crippen molar-refractivity contribution in [2.75, 3.05) is 0 Å². The van der Waals surface area contributed by atoms with Crippen LogP contribution in [0.2, 0.25) is 0 Å². The minimum absolute atomic E-state index is 0.691. The summed E-state index contributed by atoms with van der Waals surface area (Å²) in [6.45, 7) is 4.46. The van der Waals surface area contributed by atoms with Crippen molar-refractivity contribution in [3.8, 4) is 28.7 Å². The molecule has 5 nitrogen and oxygen atoms in total. The summed E-state index contributed by atoms with van der Waals surface area (Å²) in [7, 11) is 0. The molecule has 0 aliphatic heterocycles. The van der Waals surface area contributed by atoms with Crippen molar-refractivity contribution in [3.05, 3.63) is 150 Å². The van der Waals surface area contributed by atoms with Crippen LogP contribution in [0.25, 0.3) is 52.3 Å². The van der Waals surface area contributed by atoms with Crippen LogP contribution in [0.15, 0.2) is 134 Å². The van der Waals surface area contributed by atoms with Crippen LogP contribution in [-0.4, -0.2) is 23.9 Å². The summed E-state index contributed by atoms with van der Waals surface area (Å²) >= 11 is 0. The minimum atomic E-state index is 0.691. The minimum Gasteiger partial charge on any atom is -0.316 e. The van der Waals surface area contributed by atoms with Gasteiger partial charge in [-0.2, -0.15) is 0 Å². The van der Waals surface area contributed by atoms with Crippen LogP contribution in [0.5, 0.6) is 0 Å². The molecule has 0 saturated carbocycles. The number of nitrogens with zero attached hydrogens (tertiary/aromatic N) is 5. The van der Waals surface area contributed by atoms with Crippen LogP contribution < -0.4 is 10.6 Å². The first-order valence-electron chi connectivity index (χ1n) is 12.9. The molecule has 0 radical (unpaired) electrons. The molecule has 0 aliphatic carbocycles. The molecule has 3 aromatic heterocycles. The van der Waals surface area contributed by atoms with Gasteiger partial charge in [0.2, 0.25) is 5.95 Å². The molecule has 3 heterocycles. The number of para-hydroxylation sites is 3. The molecule has 186 valence electrons. The smallest absolute Gasteiger partial charge is 0.240 e. The van der Waals surface area contributed by atoms with Crippen molar-refractivity contribution in [2.45, 2.75) is 0 Å². The molecule has 7 rings (SSSR count). The van der Waals surface area contributed by atoms with Gasteiger partial charge in [0.15, 0.2) is 5.82 Å². The normalized spacial score (nSPS) is 11.8. The van der Waals surface area contributed by atoms with Crippen molar-refractivity contribution >= 4 is 23.6 Å². The molecule has 4 aromatic carbocycles. The SMILES string of the molecule is C=c1/c(=C\c2cn(-c3ccccc3)c3ccccc23)ccn1-c1nnc(-c2ccccc2)n1-c1ccccc1. The third-order valence-electron chi connectivity index (χ3n) is 7.02. The Morgan fingerprint density at radius 2 is 1.26 bits per heavy atom. The van der Waals surface area contributed by atoms with Gasteiger partial charge >= 0.3 is 0 Å². The zero-order valence-corrected chi connectivity index (χ0v) is 21.2. The van der Waals surface area contributed by atoms with Crippen LogP contribution in [0.1, 0.15) is 5.56 Å². The Kier molecular flexibility index (Phi) is 5.52. The number of hydrogen-bond donors (Lipinski definition) is 0. The van der Waals surface area contributed by atoms with Gasteiger partial charge in [0, 0.05) is 45.2 Å². The van der Waals surface area contributed by atoms with Gasteiger partial charge in [-0.25, -0.2) is 0 Å². The monoisotopic (exact) mass is 503 g/mol. The molecular formula is C34H25N5. The van der Waals surface area contributed by atoms with Gasteiger partial charge in [-0.1, -0.05) is 91.5 Å². The molecule has 39 heavy (non-hydrogen) atoms. The average Bonchev–Trinajstić information content (AvgIpc) is 3.70. The second-order valence-corrected chi connectivity index (χ2v) is 9.40. The second-order valence-electron chi connectivity index (χ2n) is 9.40. The van der Waals surface area contributed by atoms with Gasteiger partial charge in [-0.05, 0) is 42.5 Å². The summed E-state index contributed by atoms with van der Waals surface area (Å²) in [5.74, 6) is 1.47. The fraction of sp³-hybridized carbons (Fsp3) is 0. The van der Waals surface area contributed by atoms with Crippen molar-refractivity contribution in [3.63, 3.8) is 0 Å². The molecular weight excluding hydrogens is 478 g/mol.